The standard InChI is InChI=1S/C28H24N4O3/c1-34-18-23-15-27(31-35-23)19-8-6-9-22(13-19)32-17-21(26-11-4-5-12-30-26)14-25(28(32)33)24-10-3-2-7-20(24)16-29/h2-14,17,23,27,31H,15,18H2,1H3. The maximum Gasteiger partial charge on any atom is 0.263 e. The Morgan fingerprint density at radius 1 is 1.11 bits per heavy atom. The first-order valence-corrected chi connectivity index (χ1v) is 11.4. The highest BCUT2D eigenvalue weighted by molar-refractivity contribution is 5.74. The molecule has 0 saturated carbocycles. The predicted octanol–water partition coefficient (Wildman–Crippen LogP) is 4.42. The molecule has 3 heterocycles. The van der Waals surface area contributed by atoms with Crippen LogP contribution >= 0.6 is 0 Å². The van der Waals surface area contributed by atoms with E-state index in [-0.39, 0.29) is 17.7 Å². The summed E-state index contributed by atoms with van der Waals surface area (Å²) in [5, 5.41) is 9.66. The Morgan fingerprint density at radius 3 is 2.77 bits per heavy atom. The molecule has 1 N–H and O–H groups in total. The number of rotatable bonds is 6. The Labute approximate surface area is 203 Å². The number of benzene rings is 2. The highest BCUT2D eigenvalue weighted by Gasteiger charge is 2.27. The molecule has 0 amide bonds. The van der Waals surface area contributed by atoms with Crippen molar-refractivity contribution in [2.75, 3.05) is 13.7 Å². The van der Waals surface area contributed by atoms with Gasteiger partial charge in [0.1, 0.15) is 6.10 Å². The van der Waals surface area contributed by atoms with Crippen LogP contribution in [-0.2, 0) is 9.57 Å². The van der Waals surface area contributed by atoms with Crippen LogP contribution in [0.3, 0.4) is 0 Å². The fourth-order valence-corrected chi connectivity index (χ4v) is 4.38. The quantitative estimate of drug-likeness (QED) is 0.454. The summed E-state index contributed by atoms with van der Waals surface area (Å²) < 4.78 is 6.83. The molecule has 1 saturated heterocycles. The Bertz CT molecular complexity index is 1440. The van der Waals surface area contributed by atoms with Gasteiger partial charge in [0, 0.05) is 41.9 Å². The van der Waals surface area contributed by atoms with Crippen LogP contribution in [0.5, 0.6) is 0 Å². The van der Waals surface area contributed by atoms with Crippen LogP contribution in [0.4, 0.5) is 0 Å². The summed E-state index contributed by atoms with van der Waals surface area (Å²) >= 11 is 0. The Kier molecular flexibility index (Phi) is 6.51. The lowest BCUT2D eigenvalue weighted by atomic mass is 9.99. The number of aromatic nitrogens is 2. The average Bonchev–Trinajstić information content (AvgIpc) is 3.38. The smallest absolute Gasteiger partial charge is 0.263 e. The summed E-state index contributed by atoms with van der Waals surface area (Å²) in [4.78, 5) is 23.9. The van der Waals surface area contributed by atoms with Gasteiger partial charge in [0.2, 0.25) is 0 Å². The van der Waals surface area contributed by atoms with Gasteiger partial charge in [0.15, 0.2) is 0 Å². The van der Waals surface area contributed by atoms with Crippen LogP contribution in [0, 0.1) is 11.3 Å². The molecule has 5 rings (SSSR count). The molecule has 0 bridgehead atoms. The molecule has 1 fully saturated rings. The molecule has 2 aromatic carbocycles. The predicted molar refractivity (Wildman–Crippen MR) is 133 cm³/mol. The molecule has 0 spiro atoms. The fourth-order valence-electron chi connectivity index (χ4n) is 4.38. The van der Waals surface area contributed by atoms with Crippen molar-refractivity contribution in [1.82, 2.24) is 15.0 Å². The number of hydrogen-bond acceptors (Lipinski definition) is 6. The van der Waals surface area contributed by atoms with E-state index in [2.05, 4.69) is 16.5 Å². The normalized spacial score (nSPS) is 17.3. The van der Waals surface area contributed by atoms with Gasteiger partial charge in [-0.2, -0.15) is 10.7 Å². The minimum atomic E-state index is -0.211. The first kappa shape index (κ1) is 22.7. The maximum atomic E-state index is 13.8. The first-order valence-electron chi connectivity index (χ1n) is 11.4. The van der Waals surface area contributed by atoms with Crippen molar-refractivity contribution in [3.63, 3.8) is 0 Å². The van der Waals surface area contributed by atoms with Crippen LogP contribution in [0.25, 0.3) is 28.1 Å². The molecular formula is C28H24N4O3. The molecular weight excluding hydrogens is 440 g/mol. The Hall–Kier alpha value is -4.09. The lowest BCUT2D eigenvalue weighted by Gasteiger charge is -2.15. The second kappa shape index (κ2) is 10.0. The average molecular weight is 465 g/mol. The molecule has 7 heteroatoms. The summed E-state index contributed by atoms with van der Waals surface area (Å²) in [6, 6.07) is 24.6. The minimum absolute atomic E-state index is 0.0106. The number of nitrogens with zero attached hydrogens (tertiary/aromatic N) is 3. The van der Waals surface area contributed by atoms with E-state index in [1.165, 1.54) is 0 Å². The summed E-state index contributed by atoms with van der Waals surface area (Å²) in [6.07, 6.45) is 4.25. The monoisotopic (exact) mass is 464 g/mol. The number of hydrogen-bond donors (Lipinski definition) is 1. The van der Waals surface area contributed by atoms with Crippen LogP contribution < -0.4 is 11.0 Å². The highest BCUT2D eigenvalue weighted by atomic mass is 16.7. The lowest BCUT2D eigenvalue weighted by molar-refractivity contribution is -0.0148. The minimum Gasteiger partial charge on any atom is -0.382 e. The van der Waals surface area contributed by atoms with Gasteiger partial charge in [-0.1, -0.05) is 36.4 Å². The third-order valence-corrected chi connectivity index (χ3v) is 6.09. The van der Waals surface area contributed by atoms with Crippen LogP contribution in [-0.4, -0.2) is 29.4 Å². The summed E-state index contributed by atoms with van der Waals surface area (Å²) in [5.74, 6) is 0. The van der Waals surface area contributed by atoms with Gasteiger partial charge in [0.05, 0.1) is 30.0 Å². The third kappa shape index (κ3) is 4.63. The Morgan fingerprint density at radius 2 is 1.97 bits per heavy atom. The molecule has 1 aliphatic heterocycles. The third-order valence-electron chi connectivity index (χ3n) is 6.09. The van der Waals surface area contributed by atoms with Crippen molar-refractivity contribution in [1.29, 1.82) is 5.26 Å². The number of nitrogens with one attached hydrogen (secondary N) is 1. The summed E-state index contributed by atoms with van der Waals surface area (Å²) in [7, 11) is 1.65. The van der Waals surface area contributed by atoms with Crippen molar-refractivity contribution in [3.8, 4) is 34.1 Å². The molecule has 4 aromatic rings. The molecule has 0 aliphatic carbocycles. The van der Waals surface area contributed by atoms with E-state index in [0.717, 1.165) is 28.9 Å². The second-order valence-corrected chi connectivity index (χ2v) is 8.39. The lowest BCUT2D eigenvalue weighted by Crippen LogP contribution is -2.21. The molecule has 35 heavy (non-hydrogen) atoms. The fraction of sp³-hybridized carbons (Fsp3) is 0.179. The van der Waals surface area contributed by atoms with Crippen molar-refractivity contribution in [2.24, 2.45) is 0 Å². The Balaban J connectivity index is 1.64. The summed E-state index contributed by atoms with van der Waals surface area (Å²) in [6.45, 7) is 0.510. The van der Waals surface area contributed by atoms with Gasteiger partial charge in [0.25, 0.3) is 5.56 Å². The number of methoxy groups -OCH3 is 1. The topological polar surface area (TPSA) is 89.2 Å². The first-order chi connectivity index (χ1) is 17.2. The van der Waals surface area contributed by atoms with Crippen LogP contribution in [0.2, 0.25) is 0 Å². The maximum absolute atomic E-state index is 13.8. The largest absolute Gasteiger partial charge is 0.382 e. The van der Waals surface area contributed by atoms with E-state index in [4.69, 9.17) is 9.57 Å². The SMILES string of the molecule is COCC1CC(c2cccc(-n3cc(-c4ccccn4)cc(-c4ccccc4C#N)c3=O)c2)NO1. The molecule has 2 unspecified atom stereocenters. The van der Waals surface area contributed by atoms with E-state index in [1.54, 1.807) is 42.3 Å². The van der Waals surface area contributed by atoms with Crippen molar-refractivity contribution in [2.45, 2.75) is 18.6 Å². The number of ether oxygens (including phenoxy) is 1. The van der Waals surface area contributed by atoms with Gasteiger partial charge in [-0.05, 0) is 48.4 Å². The number of pyridine rings is 2. The van der Waals surface area contributed by atoms with Crippen molar-refractivity contribution < 1.29 is 9.57 Å². The number of hydroxylamine groups is 1. The molecule has 2 atom stereocenters. The van der Waals surface area contributed by atoms with E-state index in [9.17, 15) is 10.1 Å². The van der Waals surface area contributed by atoms with Crippen molar-refractivity contribution in [3.05, 3.63) is 107 Å². The van der Waals surface area contributed by atoms with E-state index in [1.807, 2.05) is 54.6 Å². The van der Waals surface area contributed by atoms with E-state index >= 15 is 0 Å². The molecule has 2 aromatic heterocycles. The van der Waals surface area contributed by atoms with Crippen LogP contribution in [0.1, 0.15) is 23.6 Å². The summed E-state index contributed by atoms with van der Waals surface area (Å²) in [5.41, 5.74) is 7.59. The zero-order valence-electron chi connectivity index (χ0n) is 19.2. The highest BCUT2D eigenvalue weighted by Crippen LogP contribution is 2.29. The molecule has 1 aliphatic rings. The van der Waals surface area contributed by atoms with Gasteiger partial charge in [-0.25, -0.2) is 0 Å². The zero-order chi connectivity index (χ0) is 24.2. The number of nitriles is 1. The zero-order valence-corrected chi connectivity index (χ0v) is 19.2. The molecule has 174 valence electrons. The van der Waals surface area contributed by atoms with Gasteiger partial charge in [-0.15, -0.1) is 0 Å². The van der Waals surface area contributed by atoms with Gasteiger partial charge < -0.3 is 4.74 Å². The van der Waals surface area contributed by atoms with Gasteiger partial charge >= 0.3 is 0 Å². The second-order valence-electron chi connectivity index (χ2n) is 8.39. The molecule has 7 nitrogen and oxygen atoms in total. The molecule has 0 radical (unpaired) electrons. The van der Waals surface area contributed by atoms with Crippen molar-refractivity contribution >= 4 is 0 Å². The van der Waals surface area contributed by atoms with E-state index < -0.39 is 0 Å². The van der Waals surface area contributed by atoms with Crippen LogP contribution in [0.15, 0.2) is 90.0 Å². The van der Waals surface area contributed by atoms with E-state index in [0.29, 0.717) is 23.3 Å². The van der Waals surface area contributed by atoms with Gasteiger partial charge in [-0.3, -0.25) is 19.2 Å².